The van der Waals surface area contributed by atoms with Crippen molar-refractivity contribution in [2.45, 2.75) is 83.7 Å². The van der Waals surface area contributed by atoms with Gasteiger partial charge in [0.25, 0.3) is 0 Å². The van der Waals surface area contributed by atoms with Gasteiger partial charge in [0.15, 0.2) is 0 Å². The lowest BCUT2D eigenvalue weighted by molar-refractivity contribution is -0.162. The van der Waals surface area contributed by atoms with Gasteiger partial charge in [-0.2, -0.15) is 0 Å². The van der Waals surface area contributed by atoms with Crippen molar-refractivity contribution < 1.29 is 9.63 Å². The highest BCUT2D eigenvalue weighted by atomic mass is 16.7. The summed E-state index contributed by atoms with van der Waals surface area (Å²) in [6, 6.07) is 0.662. The second kappa shape index (κ2) is 8.87. The first-order valence-corrected chi connectivity index (χ1v) is 11.4. The van der Waals surface area contributed by atoms with Crippen molar-refractivity contribution in [2.75, 3.05) is 19.7 Å². The van der Waals surface area contributed by atoms with Crippen LogP contribution in [0.1, 0.15) is 71.6 Å². The van der Waals surface area contributed by atoms with Crippen LogP contribution in [0.3, 0.4) is 0 Å². The molecule has 1 saturated carbocycles. The van der Waals surface area contributed by atoms with E-state index in [1.807, 2.05) is 11.9 Å². The summed E-state index contributed by atoms with van der Waals surface area (Å²) in [5.74, 6) is 0.706. The molecule has 2 N–H and O–H groups in total. The molecule has 2 heterocycles. The first-order valence-electron chi connectivity index (χ1n) is 11.4. The molecule has 2 fully saturated rings. The van der Waals surface area contributed by atoms with Gasteiger partial charge in [0.05, 0.1) is 18.3 Å². The van der Waals surface area contributed by atoms with Crippen molar-refractivity contribution in [3.63, 3.8) is 0 Å². The fourth-order valence-electron chi connectivity index (χ4n) is 5.26. The molecular weight excluding hydrogens is 352 g/mol. The van der Waals surface area contributed by atoms with Crippen molar-refractivity contribution in [1.29, 1.82) is 0 Å². The molecule has 1 unspecified atom stereocenters. The summed E-state index contributed by atoms with van der Waals surface area (Å²) in [6.07, 6.45) is 11.8. The van der Waals surface area contributed by atoms with E-state index < -0.39 is 0 Å². The highest BCUT2D eigenvalue weighted by Gasteiger charge is 2.44. The van der Waals surface area contributed by atoms with Crippen LogP contribution in [-0.4, -0.2) is 47.8 Å². The second-order valence-electron chi connectivity index (χ2n) is 8.55. The lowest BCUT2D eigenvalue weighted by Crippen LogP contribution is -2.54. The van der Waals surface area contributed by atoms with Crippen molar-refractivity contribution in [3.05, 3.63) is 23.0 Å². The molecule has 3 atom stereocenters. The maximum atomic E-state index is 12.6. The molecule has 156 valence electrons. The number of hydrazine groups is 1. The van der Waals surface area contributed by atoms with Crippen LogP contribution in [-0.2, 0) is 9.63 Å². The summed E-state index contributed by atoms with van der Waals surface area (Å²) >= 11 is 0. The summed E-state index contributed by atoms with van der Waals surface area (Å²) in [5.41, 5.74) is 8.00. The van der Waals surface area contributed by atoms with Crippen LogP contribution in [0.15, 0.2) is 23.0 Å². The smallest absolute Gasteiger partial charge is 0.236 e. The third-order valence-corrected chi connectivity index (χ3v) is 6.64. The zero-order chi connectivity index (χ0) is 19.5. The minimum atomic E-state index is 0.113. The predicted octanol–water partition coefficient (Wildman–Crippen LogP) is 3.24. The van der Waals surface area contributed by atoms with Crippen molar-refractivity contribution >= 4 is 5.91 Å². The second-order valence-corrected chi connectivity index (χ2v) is 8.55. The average molecular weight is 389 g/mol. The molecule has 6 nitrogen and oxygen atoms in total. The molecule has 6 heteroatoms. The highest BCUT2D eigenvalue weighted by molar-refractivity contribution is 5.75. The predicted molar refractivity (Wildman–Crippen MR) is 110 cm³/mol. The largest absolute Gasteiger partial charge is 0.387 e. The molecule has 2 aliphatic heterocycles. The molecule has 4 aliphatic rings. The Morgan fingerprint density at radius 3 is 3.00 bits per heavy atom. The number of carbonyl (C=O) groups excluding carboxylic acids is 1. The maximum absolute atomic E-state index is 12.6. The third-order valence-electron chi connectivity index (χ3n) is 6.64. The van der Waals surface area contributed by atoms with Crippen LogP contribution in [0.5, 0.6) is 0 Å². The van der Waals surface area contributed by atoms with E-state index in [4.69, 9.17) is 4.84 Å². The maximum Gasteiger partial charge on any atom is 0.236 e. The molecule has 1 amide bonds. The number of hydrogen-bond acceptors (Lipinski definition) is 5. The summed E-state index contributed by atoms with van der Waals surface area (Å²) < 4.78 is 0. The normalized spacial score (nSPS) is 29.3. The van der Waals surface area contributed by atoms with Gasteiger partial charge in [-0.25, -0.2) is 5.43 Å². The van der Waals surface area contributed by atoms with E-state index in [0.29, 0.717) is 18.4 Å². The average Bonchev–Trinajstić information content (AvgIpc) is 3.15. The van der Waals surface area contributed by atoms with Crippen LogP contribution >= 0.6 is 0 Å². The Morgan fingerprint density at radius 1 is 1.36 bits per heavy atom. The van der Waals surface area contributed by atoms with Gasteiger partial charge < -0.3 is 5.32 Å². The Hall–Kier alpha value is -1.53. The third kappa shape index (κ3) is 3.81. The van der Waals surface area contributed by atoms with Crippen LogP contribution in [0.2, 0.25) is 0 Å². The van der Waals surface area contributed by atoms with Gasteiger partial charge in [-0.15, -0.1) is 0 Å². The van der Waals surface area contributed by atoms with E-state index in [1.165, 1.54) is 36.1 Å². The summed E-state index contributed by atoms with van der Waals surface area (Å²) in [4.78, 5) is 18.7. The molecule has 0 radical (unpaired) electrons. The van der Waals surface area contributed by atoms with Gasteiger partial charge in [-0.3, -0.25) is 19.7 Å². The van der Waals surface area contributed by atoms with Gasteiger partial charge >= 0.3 is 0 Å². The number of hydroxylamine groups is 2. The van der Waals surface area contributed by atoms with Gasteiger partial charge in [0.1, 0.15) is 0 Å². The standard InChI is InChI=1S/C22H36N4O2/c1-3-5-11-25(20(27)4-2)24-19-14-16-15-23-18-10-8-9-17(21(16)18)22(19)26-12-6-7-13-28-26/h15,18-19,21,23-24H,3-14H2,1-2H3/t18-,19+,21?/m1/s1. The number of amides is 1. The summed E-state index contributed by atoms with van der Waals surface area (Å²) in [5, 5.41) is 7.68. The minimum absolute atomic E-state index is 0.113. The highest BCUT2D eigenvalue weighted by Crippen LogP contribution is 2.46. The Kier molecular flexibility index (Phi) is 6.26. The zero-order valence-electron chi connectivity index (χ0n) is 17.5. The minimum Gasteiger partial charge on any atom is -0.387 e. The van der Waals surface area contributed by atoms with E-state index >= 15 is 0 Å². The lowest BCUT2D eigenvalue weighted by Gasteiger charge is -2.45. The zero-order valence-corrected chi connectivity index (χ0v) is 17.5. The Labute approximate surface area is 169 Å². The SMILES string of the molecule is CCCCN(N[C@H]1CC2=CN[C@@H]3CCCC(=C1N1CCCCO1)C23)C(=O)CC. The first-order chi connectivity index (χ1) is 13.7. The number of unbranched alkanes of at least 4 members (excludes halogenated alkanes) is 1. The van der Waals surface area contributed by atoms with Gasteiger partial charge in [-0.1, -0.05) is 20.3 Å². The topological polar surface area (TPSA) is 56.8 Å². The van der Waals surface area contributed by atoms with E-state index in [-0.39, 0.29) is 11.9 Å². The number of rotatable bonds is 7. The van der Waals surface area contributed by atoms with E-state index in [1.54, 1.807) is 0 Å². The Balaban J connectivity index is 1.64. The monoisotopic (exact) mass is 388 g/mol. The molecule has 1 saturated heterocycles. The molecule has 0 aromatic rings. The van der Waals surface area contributed by atoms with Crippen LogP contribution in [0.25, 0.3) is 0 Å². The fraction of sp³-hybridized carbons (Fsp3) is 0.773. The van der Waals surface area contributed by atoms with Gasteiger partial charge in [-0.05, 0) is 62.3 Å². The fourth-order valence-corrected chi connectivity index (χ4v) is 5.26. The molecule has 0 aromatic heterocycles. The number of nitrogens with one attached hydrogen (secondary N) is 2. The van der Waals surface area contributed by atoms with Crippen LogP contribution in [0, 0.1) is 5.92 Å². The number of hydrogen-bond donors (Lipinski definition) is 2. The van der Waals surface area contributed by atoms with E-state index in [2.05, 4.69) is 28.9 Å². The molecule has 0 bridgehead atoms. The molecule has 0 spiro atoms. The van der Waals surface area contributed by atoms with Crippen LogP contribution < -0.4 is 10.7 Å². The molecular formula is C22H36N4O2. The molecule has 28 heavy (non-hydrogen) atoms. The quantitative estimate of drug-likeness (QED) is 0.656. The van der Waals surface area contributed by atoms with Gasteiger partial charge in [0, 0.05) is 31.5 Å². The van der Waals surface area contributed by atoms with Crippen molar-refractivity contribution in [3.8, 4) is 0 Å². The molecule has 2 aliphatic carbocycles. The van der Waals surface area contributed by atoms with E-state index in [9.17, 15) is 4.79 Å². The summed E-state index contributed by atoms with van der Waals surface area (Å²) in [7, 11) is 0. The Bertz CT molecular complexity index is 638. The Morgan fingerprint density at radius 2 is 2.25 bits per heavy atom. The summed E-state index contributed by atoms with van der Waals surface area (Å²) in [6.45, 7) is 6.64. The lowest BCUT2D eigenvalue weighted by atomic mass is 9.71. The van der Waals surface area contributed by atoms with Gasteiger partial charge in [0.2, 0.25) is 5.91 Å². The van der Waals surface area contributed by atoms with Crippen LogP contribution in [0.4, 0.5) is 0 Å². The van der Waals surface area contributed by atoms with Crippen molar-refractivity contribution in [1.82, 2.24) is 20.8 Å². The van der Waals surface area contributed by atoms with E-state index in [0.717, 1.165) is 51.8 Å². The molecule has 4 rings (SSSR count). The van der Waals surface area contributed by atoms with Crippen molar-refractivity contribution in [2.24, 2.45) is 5.92 Å². The number of carbonyl (C=O) groups is 1. The molecule has 0 aromatic carbocycles. The first kappa shape index (κ1) is 19.8. The number of nitrogens with zero attached hydrogens (tertiary/aromatic N) is 2.